The number of imidazole rings is 1. The van der Waals surface area contributed by atoms with E-state index in [2.05, 4.69) is 32.8 Å². The van der Waals surface area contributed by atoms with Crippen molar-refractivity contribution in [3.8, 4) is 0 Å². The van der Waals surface area contributed by atoms with Gasteiger partial charge in [0.1, 0.15) is 11.9 Å². The summed E-state index contributed by atoms with van der Waals surface area (Å²) in [6.07, 6.45) is 2.58. The summed E-state index contributed by atoms with van der Waals surface area (Å²) < 4.78 is 0. The van der Waals surface area contributed by atoms with E-state index in [1.165, 1.54) is 24.3 Å². The van der Waals surface area contributed by atoms with Crippen LogP contribution in [0.15, 0.2) is 35.5 Å². The first-order chi connectivity index (χ1) is 14.3. The Kier molecular flexibility index (Phi) is 6.36. The molecule has 0 saturated heterocycles. The third-order valence-corrected chi connectivity index (χ3v) is 4.91. The number of allylic oxidation sites excluding steroid dienone is 1. The van der Waals surface area contributed by atoms with Crippen LogP contribution in [0.5, 0.6) is 0 Å². The topological polar surface area (TPSA) is 142 Å². The van der Waals surface area contributed by atoms with Crippen molar-refractivity contribution in [2.24, 2.45) is 0 Å². The van der Waals surface area contributed by atoms with Gasteiger partial charge in [-0.15, -0.1) is 0 Å². The Bertz CT molecular complexity index is 1030. The van der Waals surface area contributed by atoms with Crippen molar-refractivity contribution in [2.45, 2.75) is 39.2 Å². The number of carbonyl (C=O) groups excluding carboxylic acids is 2. The van der Waals surface area contributed by atoms with Crippen molar-refractivity contribution < 1.29 is 14.5 Å². The second kappa shape index (κ2) is 8.95. The molecule has 1 aromatic carbocycles. The van der Waals surface area contributed by atoms with Crippen molar-refractivity contribution in [1.82, 2.24) is 20.6 Å². The molecule has 0 spiro atoms. The average Bonchev–Trinajstić information content (AvgIpc) is 3.06. The van der Waals surface area contributed by atoms with E-state index in [1.807, 2.05) is 0 Å². The molecule has 2 aromatic rings. The van der Waals surface area contributed by atoms with Crippen LogP contribution in [0.4, 0.5) is 16.2 Å². The van der Waals surface area contributed by atoms with Crippen LogP contribution in [0.25, 0.3) is 0 Å². The molecule has 1 aliphatic rings. The normalized spacial score (nSPS) is 16.1. The fourth-order valence-corrected chi connectivity index (χ4v) is 3.43. The molecule has 1 aromatic heterocycles. The van der Waals surface area contributed by atoms with Crippen molar-refractivity contribution in [2.75, 3.05) is 5.32 Å². The van der Waals surface area contributed by atoms with Gasteiger partial charge >= 0.3 is 6.03 Å². The second-order valence-corrected chi connectivity index (χ2v) is 7.18. The molecule has 1 unspecified atom stereocenters. The largest absolute Gasteiger partial charge is 0.343 e. The number of aryl methyl sites for hydroxylation is 1. The Balaban J connectivity index is 1.92. The number of carbonyl (C=O) groups is 2. The maximum absolute atomic E-state index is 13.0. The zero-order valence-corrected chi connectivity index (χ0v) is 17.2. The average molecular weight is 433 g/mol. The molecule has 1 atom stereocenters. The summed E-state index contributed by atoms with van der Waals surface area (Å²) in [6, 6.07) is 4.26. The number of halogens is 1. The number of hydrogen-bond acceptors (Lipinski definition) is 5. The van der Waals surface area contributed by atoms with Gasteiger partial charge in [-0.2, -0.15) is 0 Å². The van der Waals surface area contributed by atoms with Crippen molar-refractivity contribution in [1.29, 1.82) is 0 Å². The van der Waals surface area contributed by atoms with Crippen LogP contribution < -0.4 is 16.0 Å². The van der Waals surface area contributed by atoms with Gasteiger partial charge in [-0.25, -0.2) is 9.78 Å². The van der Waals surface area contributed by atoms with Crippen LogP contribution in [0.1, 0.15) is 44.2 Å². The van der Waals surface area contributed by atoms with Gasteiger partial charge in [-0.3, -0.25) is 14.9 Å². The zero-order chi connectivity index (χ0) is 21.8. The Morgan fingerprint density at radius 1 is 1.40 bits per heavy atom. The van der Waals surface area contributed by atoms with Gasteiger partial charge in [0.05, 0.1) is 16.2 Å². The number of hydrogen-bond donors (Lipinski definition) is 4. The minimum atomic E-state index is -0.854. The summed E-state index contributed by atoms with van der Waals surface area (Å²) in [6.45, 7) is 3.65. The molecule has 0 fully saturated rings. The Morgan fingerprint density at radius 2 is 2.17 bits per heavy atom. The number of nitrogens with one attached hydrogen (secondary N) is 4. The molecule has 0 bridgehead atoms. The number of nitrogens with zero attached hydrogens (tertiary/aromatic N) is 2. The van der Waals surface area contributed by atoms with Gasteiger partial charge in [0.15, 0.2) is 5.15 Å². The predicted octanol–water partition coefficient (Wildman–Crippen LogP) is 3.58. The van der Waals surface area contributed by atoms with Crippen LogP contribution >= 0.6 is 11.6 Å². The molecule has 3 rings (SSSR count). The summed E-state index contributed by atoms with van der Waals surface area (Å²) in [5.74, 6) is 0.131. The molecule has 30 heavy (non-hydrogen) atoms. The summed E-state index contributed by atoms with van der Waals surface area (Å²) in [4.78, 5) is 42.9. The first kappa shape index (κ1) is 21.3. The van der Waals surface area contributed by atoms with E-state index in [0.29, 0.717) is 23.6 Å². The van der Waals surface area contributed by atoms with Gasteiger partial charge in [-0.1, -0.05) is 31.0 Å². The van der Waals surface area contributed by atoms with Crippen LogP contribution in [0.2, 0.25) is 5.15 Å². The van der Waals surface area contributed by atoms with E-state index < -0.39 is 22.9 Å². The SMILES string of the molecule is CCCCc1nc(Cl)c(C2NC(=O)NC(C)=C2C(=O)Nc2cccc([N+](=O)[O-])c2)[nH]1. The monoisotopic (exact) mass is 432 g/mol. The van der Waals surface area contributed by atoms with E-state index >= 15 is 0 Å². The third-order valence-electron chi connectivity index (χ3n) is 4.62. The lowest BCUT2D eigenvalue weighted by Gasteiger charge is -2.27. The van der Waals surface area contributed by atoms with E-state index in [0.717, 1.165) is 12.8 Å². The van der Waals surface area contributed by atoms with Gasteiger partial charge in [0, 0.05) is 29.9 Å². The molecule has 1 aliphatic heterocycles. The lowest BCUT2D eigenvalue weighted by atomic mass is 9.99. The first-order valence-corrected chi connectivity index (χ1v) is 9.76. The highest BCUT2D eigenvalue weighted by Gasteiger charge is 2.34. The molecule has 4 N–H and O–H groups in total. The van der Waals surface area contributed by atoms with E-state index in [-0.39, 0.29) is 22.1 Å². The number of amides is 3. The lowest BCUT2D eigenvalue weighted by molar-refractivity contribution is -0.384. The van der Waals surface area contributed by atoms with Crippen molar-refractivity contribution in [3.05, 3.63) is 62.3 Å². The summed E-state index contributed by atoms with van der Waals surface area (Å²) in [5, 5.41) is 19.0. The predicted molar refractivity (Wildman–Crippen MR) is 111 cm³/mol. The third kappa shape index (κ3) is 4.60. The molecule has 10 nitrogen and oxygen atoms in total. The van der Waals surface area contributed by atoms with Crippen molar-refractivity contribution >= 4 is 34.9 Å². The molecular formula is C19H21ClN6O4. The molecule has 0 aliphatic carbocycles. The molecular weight excluding hydrogens is 412 g/mol. The molecule has 11 heteroatoms. The van der Waals surface area contributed by atoms with Crippen molar-refractivity contribution in [3.63, 3.8) is 0 Å². The highest BCUT2D eigenvalue weighted by Crippen LogP contribution is 2.31. The number of rotatable bonds is 7. The number of aromatic nitrogens is 2. The Labute approximate surface area is 177 Å². The van der Waals surface area contributed by atoms with Gasteiger partial charge in [-0.05, 0) is 19.4 Å². The molecule has 0 saturated carbocycles. The van der Waals surface area contributed by atoms with Gasteiger partial charge in [0.25, 0.3) is 11.6 Å². The number of urea groups is 1. The van der Waals surface area contributed by atoms with E-state index in [1.54, 1.807) is 6.92 Å². The summed E-state index contributed by atoms with van der Waals surface area (Å²) in [7, 11) is 0. The number of H-pyrrole nitrogens is 1. The number of nitro benzene ring substituents is 1. The number of anilines is 1. The van der Waals surface area contributed by atoms with Crippen LogP contribution in [0.3, 0.4) is 0 Å². The highest BCUT2D eigenvalue weighted by molar-refractivity contribution is 6.30. The quantitative estimate of drug-likeness (QED) is 0.390. The molecule has 158 valence electrons. The minimum absolute atomic E-state index is 0.151. The first-order valence-electron chi connectivity index (χ1n) is 9.38. The highest BCUT2D eigenvalue weighted by atomic mass is 35.5. The zero-order valence-electron chi connectivity index (χ0n) is 16.4. The van der Waals surface area contributed by atoms with Gasteiger partial charge < -0.3 is 20.9 Å². The van der Waals surface area contributed by atoms with E-state index in [9.17, 15) is 19.7 Å². The number of unbranched alkanes of at least 4 members (excludes halogenated alkanes) is 1. The Morgan fingerprint density at radius 3 is 2.87 bits per heavy atom. The fraction of sp³-hybridized carbons (Fsp3) is 0.316. The lowest BCUT2D eigenvalue weighted by Crippen LogP contribution is -2.46. The maximum Gasteiger partial charge on any atom is 0.319 e. The van der Waals surface area contributed by atoms with Crippen LogP contribution in [-0.4, -0.2) is 26.8 Å². The van der Waals surface area contributed by atoms with Gasteiger partial charge in [0.2, 0.25) is 0 Å². The molecule has 0 radical (unpaired) electrons. The number of benzene rings is 1. The number of non-ortho nitro benzene ring substituents is 1. The minimum Gasteiger partial charge on any atom is -0.343 e. The Hall–Kier alpha value is -3.40. The maximum atomic E-state index is 13.0. The summed E-state index contributed by atoms with van der Waals surface area (Å²) in [5.41, 5.74) is 1.06. The molecule has 3 amide bonds. The van der Waals surface area contributed by atoms with E-state index in [4.69, 9.17) is 11.6 Å². The second-order valence-electron chi connectivity index (χ2n) is 6.82. The smallest absolute Gasteiger partial charge is 0.319 e. The van der Waals surface area contributed by atoms with Crippen LogP contribution in [0, 0.1) is 10.1 Å². The molecule has 2 heterocycles. The standard InChI is InChI=1S/C19H21ClN6O4/c1-3-4-8-13-23-16(17(20)24-13)15-14(10(2)21-19(28)25-15)18(27)22-11-6-5-7-12(9-11)26(29)30/h5-7,9,15H,3-4,8H2,1-2H3,(H,22,27)(H,23,24)(H2,21,25,28). The fourth-order valence-electron chi connectivity index (χ4n) is 3.17. The number of aromatic amines is 1. The number of nitro groups is 1. The summed E-state index contributed by atoms with van der Waals surface area (Å²) >= 11 is 6.30. The van der Waals surface area contributed by atoms with Crippen LogP contribution in [-0.2, 0) is 11.2 Å².